The summed E-state index contributed by atoms with van der Waals surface area (Å²) >= 11 is 0. The Bertz CT molecular complexity index is 758. The van der Waals surface area contributed by atoms with Crippen LogP contribution in [0, 0.1) is 5.82 Å². The topological polar surface area (TPSA) is 23.6 Å². The summed E-state index contributed by atoms with van der Waals surface area (Å²) in [6.07, 6.45) is 0.842. The minimum atomic E-state index is -0.411. The van der Waals surface area contributed by atoms with Gasteiger partial charge in [0.1, 0.15) is 5.82 Å². The molecule has 2 aromatic rings. The third-order valence-electron chi connectivity index (χ3n) is 5.16. The Kier molecular flexibility index (Phi) is 3.23. The van der Waals surface area contributed by atoms with Crippen molar-refractivity contribution in [2.45, 2.75) is 18.4 Å². The molecule has 1 atom stereocenters. The van der Waals surface area contributed by atoms with E-state index in [4.69, 9.17) is 0 Å². The molecule has 0 aromatic heterocycles. The Labute approximate surface area is 135 Å². The molecule has 4 heteroatoms. The molecule has 0 bridgehead atoms. The maximum Gasteiger partial charge on any atom is 0.238 e. The Morgan fingerprint density at radius 3 is 2.65 bits per heavy atom. The molecule has 1 amide bonds. The quantitative estimate of drug-likeness (QED) is 0.851. The SMILES string of the molecule is CN1C(=O)C2(CCN(Cc3ccc(F)cc3)C2)c2ccccc21. The van der Waals surface area contributed by atoms with E-state index in [1.807, 2.05) is 37.4 Å². The first kappa shape index (κ1) is 14.4. The second kappa shape index (κ2) is 5.17. The van der Waals surface area contributed by atoms with Gasteiger partial charge in [0.05, 0.1) is 5.41 Å². The molecule has 0 radical (unpaired) electrons. The fourth-order valence-corrected chi connectivity index (χ4v) is 3.98. The van der Waals surface area contributed by atoms with Gasteiger partial charge in [0.25, 0.3) is 0 Å². The first-order valence-electron chi connectivity index (χ1n) is 7.95. The molecule has 0 N–H and O–H groups in total. The number of amides is 1. The zero-order chi connectivity index (χ0) is 16.0. The van der Waals surface area contributed by atoms with E-state index in [1.54, 1.807) is 4.90 Å². The highest BCUT2D eigenvalue weighted by atomic mass is 19.1. The number of rotatable bonds is 2. The lowest BCUT2D eigenvalue weighted by Gasteiger charge is -2.23. The van der Waals surface area contributed by atoms with Crippen molar-refractivity contribution < 1.29 is 9.18 Å². The summed E-state index contributed by atoms with van der Waals surface area (Å²) in [5, 5.41) is 0. The van der Waals surface area contributed by atoms with E-state index in [9.17, 15) is 9.18 Å². The number of hydrogen-bond donors (Lipinski definition) is 0. The lowest BCUT2D eigenvalue weighted by molar-refractivity contribution is -0.122. The summed E-state index contributed by atoms with van der Waals surface area (Å²) in [5.74, 6) is -0.0199. The van der Waals surface area contributed by atoms with Crippen LogP contribution in [0.15, 0.2) is 48.5 Å². The predicted octanol–water partition coefficient (Wildman–Crippen LogP) is 2.95. The average Bonchev–Trinajstić information content (AvgIpc) is 3.08. The molecule has 1 fully saturated rings. The summed E-state index contributed by atoms with van der Waals surface area (Å²) in [6, 6.07) is 14.7. The maximum absolute atomic E-state index is 13.0. The number of likely N-dealkylation sites (tertiary alicyclic amines) is 1. The molecular formula is C19H19FN2O. The van der Waals surface area contributed by atoms with E-state index in [2.05, 4.69) is 11.0 Å². The zero-order valence-electron chi connectivity index (χ0n) is 13.1. The predicted molar refractivity (Wildman–Crippen MR) is 87.8 cm³/mol. The molecule has 118 valence electrons. The number of anilines is 1. The lowest BCUT2D eigenvalue weighted by atomic mass is 9.81. The first-order chi connectivity index (χ1) is 11.1. The number of likely N-dealkylation sites (N-methyl/N-ethyl adjacent to an activating group) is 1. The second-order valence-electron chi connectivity index (χ2n) is 6.55. The average molecular weight is 310 g/mol. The van der Waals surface area contributed by atoms with Gasteiger partial charge in [-0.1, -0.05) is 30.3 Å². The standard InChI is InChI=1S/C19H19FN2O/c1-21-17-5-3-2-4-16(17)19(18(21)23)10-11-22(13-19)12-14-6-8-15(20)9-7-14/h2-9H,10-13H2,1H3. The largest absolute Gasteiger partial charge is 0.314 e. The molecule has 2 heterocycles. The number of halogens is 1. The number of para-hydroxylation sites is 1. The van der Waals surface area contributed by atoms with Crippen LogP contribution in [-0.2, 0) is 16.8 Å². The molecule has 0 saturated carbocycles. The lowest BCUT2D eigenvalue weighted by Crippen LogP contribution is -2.40. The van der Waals surface area contributed by atoms with Gasteiger partial charge >= 0.3 is 0 Å². The Morgan fingerprint density at radius 2 is 1.87 bits per heavy atom. The summed E-state index contributed by atoms with van der Waals surface area (Å²) < 4.78 is 13.0. The number of carbonyl (C=O) groups is 1. The molecule has 1 spiro atoms. The fraction of sp³-hybridized carbons (Fsp3) is 0.316. The monoisotopic (exact) mass is 310 g/mol. The number of benzene rings is 2. The normalized spacial score (nSPS) is 23.7. The van der Waals surface area contributed by atoms with Crippen LogP contribution in [0.25, 0.3) is 0 Å². The van der Waals surface area contributed by atoms with E-state index in [0.717, 1.165) is 42.9 Å². The smallest absolute Gasteiger partial charge is 0.238 e. The van der Waals surface area contributed by atoms with Crippen molar-refractivity contribution in [1.29, 1.82) is 0 Å². The molecule has 23 heavy (non-hydrogen) atoms. The number of fused-ring (bicyclic) bond motifs is 2. The highest BCUT2D eigenvalue weighted by Crippen LogP contribution is 2.46. The van der Waals surface area contributed by atoms with Crippen LogP contribution >= 0.6 is 0 Å². The molecular weight excluding hydrogens is 291 g/mol. The van der Waals surface area contributed by atoms with E-state index in [1.165, 1.54) is 12.1 Å². The van der Waals surface area contributed by atoms with Crippen LogP contribution < -0.4 is 4.90 Å². The van der Waals surface area contributed by atoms with Gasteiger partial charge in [-0.05, 0) is 42.3 Å². The van der Waals surface area contributed by atoms with Crippen molar-refractivity contribution in [2.24, 2.45) is 0 Å². The summed E-state index contributed by atoms with van der Waals surface area (Å²) in [5.41, 5.74) is 2.84. The third-order valence-corrected chi connectivity index (χ3v) is 5.16. The van der Waals surface area contributed by atoms with E-state index >= 15 is 0 Å². The van der Waals surface area contributed by atoms with E-state index < -0.39 is 5.41 Å². The van der Waals surface area contributed by atoms with Gasteiger partial charge in [-0.15, -0.1) is 0 Å². The van der Waals surface area contributed by atoms with Gasteiger partial charge in [-0.25, -0.2) is 4.39 Å². The minimum absolute atomic E-state index is 0.195. The van der Waals surface area contributed by atoms with Crippen LogP contribution in [0.1, 0.15) is 17.5 Å². The fourth-order valence-electron chi connectivity index (χ4n) is 3.98. The molecule has 1 unspecified atom stereocenters. The molecule has 1 saturated heterocycles. The first-order valence-corrected chi connectivity index (χ1v) is 7.95. The molecule has 2 aliphatic rings. The Morgan fingerprint density at radius 1 is 1.13 bits per heavy atom. The summed E-state index contributed by atoms with van der Waals surface area (Å²) in [6.45, 7) is 2.36. The highest BCUT2D eigenvalue weighted by molar-refractivity contribution is 6.08. The molecule has 4 rings (SSSR count). The molecule has 2 aromatic carbocycles. The van der Waals surface area contributed by atoms with Gasteiger partial charge in [-0.3, -0.25) is 9.69 Å². The summed E-state index contributed by atoms with van der Waals surface area (Å²) in [7, 11) is 1.86. The molecule has 3 nitrogen and oxygen atoms in total. The third kappa shape index (κ3) is 2.17. The van der Waals surface area contributed by atoms with Crippen molar-refractivity contribution in [1.82, 2.24) is 4.90 Å². The van der Waals surface area contributed by atoms with Crippen molar-refractivity contribution in [3.8, 4) is 0 Å². The van der Waals surface area contributed by atoms with Gasteiger partial charge < -0.3 is 4.90 Å². The van der Waals surface area contributed by atoms with Crippen LogP contribution in [-0.4, -0.2) is 30.9 Å². The van der Waals surface area contributed by atoms with Crippen molar-refractivity contribution in [3.05, 3.63) is 65.5 Å². The number of hydrogen-bond acceptors (Lipinski definition) is 2. The Balaban J connectivity index is 1.60. The van der Waals surface area contributed by atoms with E-state index in [-0.39, 0.29) is 11.7 Å². The number of nitrogens with zero attached hydrogens (tertiary/aromatic N) is 2. The van der Waals surface area contributed by atoms with Crippen LogP contribution in [0.3, 0.4) is 0 Å². The van der Waals surface area contributed by atoms with Gasteiger partial charge in [-0.2, -0.15) is 0 Å². The minimum Gasteiger partial charge on any atom is -0.314 e. The van der Waals surface area contributed by atoms with E-state index in [0.29, 0.717) is 0 Å². The second-order valence-corrected chi connectivity index (χ2v) is 6.55. The Hall–Kier alpha value is -2.20. The number of carbonyl (C=O) groups excluding carboxylic acids is 1. The maximum atomic E-state index is 13.0. The van der Waals surface area contributed by atoms with Crippen molar-refractivity contribution in [2.75, 3.05) is 25.0 Å². The van der Waals surface area contributed by atoms with Crippen molar-refractivity contribution in [3.63, 3.8) is 0 Å². The zero-order valence-corrected chi connectivity index (χ0v) is 13.1. The van der Waals surface area contributed by atoms with Crippen molar-refractivity contribution >= 4 is 11.6 Å². The van der Waals surface area contributed by atoms with Crippen LogP contribution in [0.5, 0.6) is 0 Å². The molecule has 2 aliphatic heterocycles. The van der Waals surface area contributed by atoms with Crippen LogP contribution in [0.2, 0.25) is 0 Å². The summed E-state index contributed by atoms with van der Waals surface area (Å²) in [4.78, 5) is 17.0. The van der Waals surface area contributed by atoms with Crippen LogP contribution in [0.4, 0.5) is 10.1 Å². The van der Waals surface area contributed by atoms with Gasteiger partial charge in [0.2, 0.25) is 5.91 Å². The highest BCUT2D eigenvalue weighted by Gasteiger charge is 2.53. The molecule has 0 aliphatic carbocycles. The van der Waals surface area contributed by atoms with Gasteiger partial charge in [0.15, 0.2) is 0 Å². The van der Waals surface area contributed by atoms with Gasteiger partial charge in [0, 0.05) is 25.8 Å².